The van der Waals surface area contributed by atoms with Crippen molar-refractivity contribution in [1.82, 2.24) is 10.6 Å². The summed E-state index contributed by atoms with van der Waals surface area (Å²) in [6, 6.07) is 6.05. The number of carbonyl (C=O) groups excluding carboxylic acids is 1. The van der Waals surface area contributed by atoms with Crippen molar-refractivity contribution in [1.29, 1.82) is 0 Å². The maximum absolute atomic E-state index is 12.2. The van der Waals surface area contributed by atoms with Crippen LogP contribution in [0.2, 0.25) is 5.02 Å². The van der Waals surface area contributed by atoms with Gasteiger partial charge in [-0.1, -0.05) is 24.6 Å². The molecule has 2 saturated heterocycles. The van der Waals surface area contributed by atoms with Gasteiger partial charge >= 0.3 is 0 Å². The molecule has 0 bridgehead atoms. The molecule has 23 heavy (non-hydrogen) atoms. The molecule has 2 heterocycles. The van der Waals surface area contributed by atoms with E-state index in [1.807, 2.05) is 19.1 Å². The second-order valence-electron chi connectivity index (χ2n) is 6.98. The lowest BCUT2D eigenvalue weighted by Crippen LogP contribution is -2.50. The molecule has 3 rings (SSSR count). The van der Waals surface area contributed by atoms with Crippen molar-refractivity contribution in [2.45, 2.75) is 20.3 Å². The van der Waals surface area contributed by atoms with E-state index in [1.54, 1.807) is 0 Å². The molecule has 2 aliphatic heterocycles. The Balaban J connectivity index is 1.50. The highest BCUT2D eigenvalue weighted by atomic mass is 35.5. The van der Waals surface area contributed by atoms with Crippen molar-refractivity contribution in [2.24, 2.45) is 17.8 Å². The minimum Gasteiger partial charge on any atom is -0.371 e. The lowest BCUT2D eigenvalue weighted by atomic mass is 9.88. The minimum absolute atomic E-state index is 0.115. The van der Waals surface area contributed by atoms with Gasteiger partial charge in [-0.25, -0.2) is 0 Å². The third kappa shape index (κ3) is 3.81. The summed E-state index contributed by atoms with van der Waals surface area (Å²) in [5.74, 6) is 1.34. The van der Waals surface area contributed by atoms with Crippen LogP contribution in [-0.2, 0) is 4.79 Å². The summed E-state index contributed by atoms with van der Waals surface area (Å²) in [6.45, 7) is 8.90. The highest BCUT2D eigenvalue weighted by Crippen LogP contribution is 2.29. The number of aryl methyl sites for hydroxylation is 1. The van der Waals surface area contributed by atoms with Crippen molar-refractivity contribution in [3.63, 3.8) is 0 Å². The smallest absolute Gasteiger partial charge is 0.223 e. The maximum Gasteiger partial charge on any atom is 0.223 e. The summed E-state index contributed by atoms with van der Waals surface area (Å²) in [7, 11) is 0. The van der Waals surface area contributed by atoms with Gasteiger partial charge in [0.1, 0.15) is 0 Å². The predicted molar refractivity (Wildman–Crippen MR) is 95.0 cm³/mol. The molecule has 126 valence electrons. The number of benzene rings is 1. The number of anilines is 1. The maximum atomic E-state index is 12.2. The molecule has 0 radical (unpaired) electrons. The first kappa shape index (κ1) is 16.6. The number of nitrogens with zero attached hydrogens (tertiary/aromatic N) is 1. The summed E-state index contributed by atoms with van der Waals surface area (Å²) in [4.78, 5) is 14.6. The molecule has 2 aliphatic rings. The molecule has 0 aromatic heterocycles. The Morgan fingerprint density at radius 3 is 2.96 bits per heavy atom. The second-order valence-corrected chi connectivity index (χ2v) is 7.42. The fraction of sp³-hybridized carbons (Fsp3) is 0.611. The molecule has 0 aliphatic carbocycles. The number of carbonyl (C=O) groups is 1. The van der Waals surface area contributed by atoms with Crippen LogP contribution in [0, 0.1) is 24.7 Å². The summed E-state index contributed by atoms with van der Waals surface area (Å²) in [5.41, 5.74) is 2.48. The predicted octanol–water partition coefficient (Wildman–Crippen LogP) is 2.45. The zero-order valence-electron chi connectivity index (χ0n) is 13.9. The Kier molecular flexibility index (Phi) is 5.12. The molecule has 0 spiro atoms. The molecule has 2 atom stereocenters. The van der Waals surface area contributed by atoms with E-state index >= 15 is 0 Å². The molecule has 5 heteroatoms. The van der Waals surface area contributed by atoms with Crippen molar-refractivity contribution in [3.05, 3.63) is 28.8 Å². The van der Waals surface area contributed by atoms with Crippen LogP contribution in [0.5, 0.6) is 0 Å². The number of hydrogen-bond acceptors (Lipinski definition) is 3. The molecule has 1 aromatic carbocycles. The van der Waals surface area contributed by atoms with Crippen molar-refractivity contribution in [2.75, 3.05) is 37.6 Å². The van der Waals surface area contributed by atoms with Crippen LogP contribution in [0.25, 0.3) is 0 Å². The Morgan fingerprint density at radius 2 is 2.26 bits per heavy atom. The number of halogens is 1. The average Bonchev–Trinajstić information content (AvgIpc) is 2.94. The van der Waals surface area contributed by atoms with E-state index in [2.05, 4.69) is 28.5 Å². The lowest BCUT2D eigenvalue weighted by Gasteiger charge is -2.32. The van der Waals surface area contributed by atoms with Crippen LogP contribution in [-0.4, -0.2) is 38.6 Å². The van der Waals surface area contributed by atoms with Gasteiger partial charge in [0.15, 0.2) is 0 Å². The summed E-state index contributed by atoms with van der Waals surface area (Å²) in [6.07, 6.45) is 1.12. The molecule has 1 aromatic rings. The minimum atomic E-state index is 0.115. The van der Waals surface area contributed by atoms with Crippen LogP contribution in [0.4, 0.5) is 5.69 Å². The molecule has 2 fully saturated rings. The first-order valence-electron chi connectivity index (χ1n) is 8.54. The van der Waals surface area contributed by atoms with Crippen molar-refractivity contribution in [3.8, 4) is 0 Å². The lowest BCUT2D eigenvalue weighted by molar-refractivity contribution is -0.126. The normalized spacial score (nSPS) is 22.7. The van der Waals surface area contributed by atoms with Crippen molar-refractivity contribution < 1.29 is 4.79 Å². The van der Waals surface area contributed by atoms with Gasteiger partial charge in [-0.2, -0.15) is 0 Å². The Hall–Kier alpha value is -1.26. The van der Waals surface area contributed by atoms with E-state index < -0.39 is 0 Å². The van der Waals surface area contributed by atoms with Crippen LogP contribution in [0.3, 0.4) is 0 Å². The van der Waals surface area contributed by atoms with Gasteiger partial charge in [0, 0.05) is 36.3 Å². The van der Waals surface area contributed by atoms with Gasteiger partial charge < -0.3 is 15.5 Å². The highest BCUT2D eigenvalue weighted by molar-refractivity contribution is 6.30. The standard InChI is InChI=1S/C18H26ClN3O/c1-12-3-4-16(19)7-17(12)22-6-5-14(11-22)8-21-18(23)13(2)15-9-20-10-15/h3-4,7,13-15,20H,5-6,8-11H2,1-2H3,(H,21,23). The number of amides is 1. The molecular formula is C18H26ClN3O. The number of rotatable bonds is 5. The SMILES string of the molecule is Cc1ccc(Cl)cc1N1CCC(CNC(=O)C(C)C2CNC2)C1. The van der Waals surface area contributed by atoms with Gasteiger partial charge in [-0.15, -0.1) is 0 Å². The van der Waals surface area contributed by atoms with Crippen LogP contribution in [0.1, 0.15) is 18.9 Å². The third-order valence-corrected chi connectivity index (χ3v) is 5.53. The van der Waals surface area contributed by atoms with Gasteiger partial charge in [0.25, 0.3) is 0 Å². The van der Waals surface area contributed by atoms with E-state index in [-0.39, 0.29) is 11.8 Å². The fourth-order valence-electron chi connectivity index (χ4n) is 3.43. The molecular weight excluding hydrogens is 310 g/mol. The van der Waals surface area contributed by atoms with Gasteiger partial charge in [-0.3, -0.25) is 4.79 Å². The van der Waals surface area contributed by atoms with Gasteiger partial charge in [-0.05, 0) is 56.0 Å². The first-order chi connectivity index (χ1) is 11.0. The summed E-state index contributed by atoms with van der Waals surface area (Å²) in [5, 5.41) is 7.17. The first-order valence-corrected chi connectivity index (χ1v) is 8.92. The molecule has 2 N–H and O–H groups in total. The summed E-state index contributed by atoms with van der Waals surface area (Å²) >= 11 is 6.13. The van der Waals surface area contributed by atoms with Gasteiger partial charge in [0.2, 0.25) is 5.91 Å². The molecule has 4 nitrogen and oxygen atoms in total. The topological polar surface area (TPSA) is 44.4 Å². The van der Waals surface area contributed by atoms with Crippen LogP contribution >= 0.6 is 11.6 Å². The monoisotopic (exact) mass is 335 g/mol. The largest absolute Gasteiger partial charge is 0.371 e. The van der Waals surface area contributed by atoms with Gasteiger partial charge in [0.05, 0.1) is 0 Å². The Labute approximate surface area is 143 Å². The molecule has 1 amide bonds. The highest BCUT2D eigenvalue weighted by Gasteiger charge is 2.30. The Bertz CT molecular complexity index is 573. The van der Waals surface area contributed by atoms with E-state index in [1.165, 1.54) is 11.3 Å². The van der Waals surface area contributed by atoms with E-state index in [0.29, 0.717) is 11.8 Å². The third-order valence-electron chi connectivity index (χ3n) is 5.30. The number of nitrogens with one attached hydrogen (secondary N) is 2. The number of hydrogen-bond donors (Lipinski definition) is 2. The molecule has 0 saturated carbocycles. The fourth-order valence-corrected chi connectivity index (χ4v) is 3.59. The van der Waals surface area contributed by atoms with E-state index in [4.69, 9.17) is 11.6 Å². The Morgan fingerprint density at radius 1 is 1.48 bits per heavy atom. The van der Waals surface area contributed by atoms with Crippen molar-refractivity contribution >= 4 is 23.2 Å². The molecule has 2 unspecified atom stereocenters. The zero-order valence-corrected chi connectivity index (χ0v) is 14.7. The van der Waals surface area contributed by atoms with E-state index in [9.17, 15) is 4.79 Å². The summed E-state index contributed by atoms with van der Waals surface area (Å²) < 4.78 is 0. The van der Waals surface area contributed by atoms with Crippen LogP contribution in [0.15, 0.2) is 18.2 Å². The second kappa shape index (κ2) is 7.10. The average molecular weight is 336 g/mol. The quantitative estimate of drug-likeness (QED) is 0.868. The van der Waals surface area contributed by atoms with Crippen LogP contribution < -0.4 is 15.5 Å². The van der Waals surface area contributed by atoms with E-state index in [0.717, 1.165) is 44.2 Å². The zero-order chi connectivity index (χ0) is 16.4.